The van der Waals surface area contributed by atoms with Gasteiger partial charge in [-0.25, -0.2) is 5.43 Å². The molecular formula is C21H26N4O. The number of amides is 1. The molecule has 2 aliphatic rings. The maximum absolute atomic E-state index is 13.1. The number of benzene rings is 1. The molecule has 2 N–H and O–H groups in total. The third-order valence-corrected chi connectivity index (χ3v) is 5.68. The fourth-order valence-corrected chi connectivity index (χ4v) is 4.21. The Morgan fingerprint density at radius 1 is 1.12 bits per heavy atom. The summed E-state index contributed by atoms with van der Waals surface area (Å²) in [6.45, 7) is 4.44. The number of aryl methyl sites for hydroxylation is 1. The predicted octanol–water partition coefficient (Wildman–Crippen LogP) is 2.56. The number of hydrogen-bond acceptors (Lipinski definition) is 4. The van der Waals surface area contributed by atoms with Crippen LogP contribution in [0.4, 0.5) is 0 Å². The van der Waals surface area contributed by atoms with Crippen molar-refractivity contribution in [1.82, 2.24) is 20.7 Å². The van der Waals surface area contributed by atoms with Crippen LogP contribution in [0, 0.1) is 12.8 Å². The molecule has 0 saturated carbocycles. The van der Waals surface area contributed by atoms with Gasteiger partial charge in [0.25, 0.3) is 0 Å². The highest BCUT2D eigenvalue weighted by Crippen LogP contribution is 2.31. The van der Waals surface area contributed by atoms with Crippen LogP contribution in [-0.2, 0) is 4.79 Å². The van der Waals surface area contributed by atoms with Crippen molar-refractivity contribution in [3.05, 3.63) is 65.5 Å². The van der Waals surface area contributed by atoms with Gasteiger partial charge in [0.2, 0.25) is 5.91 Å². The van der Waals surface area contributed by atoms with Crippen molar-refractivity contribution >= 4 is 5.91 Å². The van der Waals surface area contributed by atoms with Gasteiger partial charge in [-0.15, -0.1) is 0 Å². The average Bonchev–Trinajstić information content (AvgIpc) is 3.18. The number of carbonyl (C=O) groups excluding carboxylic acids is 1. The first-order valence-electron chi connectivity index (χ1n) is 9.46. The van der Waals surface area contributed by atoms with Crippen molar-refractivity contribution in [2.75, 3.05) is 19.6 Å². The van der Waals surface area contributed by atoms with E-state index in [2.05, 4.69) is 64.1 Å². The van der Waals surface area contributed by atoms with Gasteiger partial charge in [-0.3, -0.25) is 15.2 Å². The van der Waals surface area contributed by atoms with E-state index in [1.165, 1.54) is 16.7 Å². The fourth-order valence-electron chi connectivity index (χ4n) is 4.21. The molecule has 2 fully saturated rings. The number of hydrazine groups is 1. The lowest BCUT2D eigenvalue weighted by Gasteiger charge is -2.34. The van der Waals surface area contributed by atoms with Crippen LogP contribution in [0.3, 0.4) is 0 Å². The quantitative estimate of drug-likeness (QED) is 0.893. The van der Waals surface area contributed by atoms with E-state index in [1.807, 2.05) is 12.4 Å². The zero-order valence-electron chi connectivity index (χ0n) is 15.2. The molecule has 4 rings (SSSR count). The highest BCUT2D eigenvalue weighted by molar-refractivity contribution is 5.80. The molecule has 2 saturated heterocycles. The van der Waals surface area contributed by atoms with Crippen molar-refractivity contribution in [3.63, 3.8) is 0 Å². The lowest BCUT2D eigenvalue weighted by Crippen LogP contribution is -2.43. The monoisotopic (exact) mass is 350 g/mol. The summed E-state index contributed by atoms with van der Waals surface area (Å²) in [5.74, 6) is 0.755. The number of aromatic nitrogens is 1. The molecule has 0 aliphatic carbocycles. The molecule has 2 aromatic rings. The zero-order chi connectivity index (χ0) is 17.9. The smallest absolute Gasteiger partial charge is 0.229 e. The molecule has 0 bridgehead atoms. The number of pyridine rings is 1. The van der Waals surface area contributed by atoms with Gasteiger partial charge in [-0.1, -0.05) is 29.8 Å². The Morgan fingerprint density at radius 2 is 1.88 bits per heavy atom. The molecule has 1 aromatic heterocycles. The second kappa shape index (κ2) is 7.56. The summed E-state index contributed by atoms with van der Waals surface area (Å²) in [4.78, 5) is 19.3. The second-order valence-corrected chi connectivity index (χ2v) is 7.40. The van der Waals surface area contributed by atoms with Gasteiger partial charge < -0.3 is 4.90 Å². The number of nitrogens with one attached hydrogen (secondary N) is 2. The maximum Gasteiger partial charge on any atom is 0.229 e. The number of likely N-dealkylation sites (tertiary alicyclic amines) is 1. The molecule has 2 atom stereocenters. The van der Waals surface area contributed by atoms with E-state index in [0.29, 0.717) is 12.5 Å². The Kier molecular flexibility index (Phi) is 5.00. The topological polar surface area (TPSA) is 57.3 Å². The van der Waals surface area contributed by atoms with Gasteiger partial charge in [0.15, 0.2) is 0 Å². The van der Waals surface area contributed by atoms with Crippen LogP contribution in [0.5, 0.6) is 0 Å². The minimum absolute atomic E-state index is 0.0420. The number of rotatable bonds is 3. The molecule has 1 aromatic carbocycles. The molecule has 0 spiro atoms. The summed E-state index contributed by atoms with van der Waals surface area (Å²) in [5.41, 5.74) is 10.2. The molecule has 2 aliphatic heterocycles. The summed E-state index contributed by atoms with van der Waals surface area (Å²) < 4.78 is 0. The van der Waals surface area contributed by atoms with E-state index >= 15 is 0 Å². The van der Waals surface area contributed by atoms with E-state index in [9.17, 15) is 4.79 Å². The van der Waals surface area contributed by atoms with E-state index in [4.69, 9.17) is 0 Å². The summed E-state index contributed by atoms with van der Waals surface area (Å²) in [6, 6.07) is 12.7. The highest BCUT2D eigenvalue weighted by Gasteiger charge is 2.37. The van der Waals surface area contributed by atoms with Crippen LogP contribution in [0.2, 0.25) is 0 Å². The van der Waals surface area contributed by atoms with Crippen molar-refractivity contribution in [3.8, 4) is 0 Å². The Morgan fingerprint density at radius 3 is 2.62 bits per heavy atom. The third-order valence-electron chi connectivity index (χ3n) is 5.68. The number of carbonyl (C=O) groups is 1. The first-order chi connectivity index (χ1) is 12.7. The van der Waals surface area contributed by atoms with Crippen molar-refractivity contribution in [2.24, 2.45) is 5.92 Å². The number of hydrogen-bond donors (Lipinski definition) is 2. The largest absolute Gasteiger partial charge is 0.342 e. The van der Waals surface area contributed by atoms with Gasteiger partial charge in [0.05, 0.1) is 12.0 Å². The predicted molar refractivity (Wildman–Crippen MR) is 101 cm³/mol. The zero-order valence-corrected chi connectivity index (χ0v) is 15.2. The van der Waals surface area contributed by atoms with Gasteiger partial charge >= 0.3 is 0 Å². The van der Waals surface area contributed by atoms with Crippen molar-refractivity contribution in [2.45, 2.75) is 31.7 Å². The van der Waals surface area contributed by atoms with E-state index in [1.54, 1.807) is 0 Å². The summed E-state index contributed by atoms with van der Waals surface area (Å²) in [6.07, 6.45) is 5.77. The fraction of sp³-hybridized carbons (Fsp3) is 0.429. The Balaban J connectivity index is 1.41. The van der Waals surface area contributed by atoms with Gasteiger partial charge in [0.1, 0.15) is 0 Å². The second-order valence-electron chi connectivity index (χ2n) is 7.40. The molecule has 0 radical (unpaired) electrons. The normalized spacial score (nSPS) is 24.0. The third kappa shape index (κ3) is 3.50. The first kappa shape index (κ1) is 17.2. The minimum atomic E-state index is -0.0470. The standard InChI is InChI=1S/C21H26N4O/c1-15-3-2-4-18(13-15)20-19(14-23-24-20)21(26)25-11-7-17(8-12-25)16-5-9-22-10-6-16/h2-6,9-10,13,17,19-20,23-24H,7-8,11-12,14H2,1H3. The average molecular weight is 350 g/mol. The summed E-state index contributed by atoms with van der Waals surface area (Å²) in [5, 5.41) is 0. The molecule has 26 heavy (non-hydrogen) atoms. The maximum atomic E-state index is 13.1. The van der Waals surface area contributed by atoms with Crippen LogP contribution >= 0.6 is 0 Å². The van der Waals surface area contributed by atoms with Crippen LogP contribution in [-0.4, -0.2) is 35.4 Å². The molecular weight excluding hydrogens is 324 g/mol. The Labute approximate surface area is 154 Å². The van der Waals surface area contributed by atoms with Crippen LogP contribution in [0.1, 0.15) is 41.5 Å². The number of nitrogens with zero attached hydrogens (tertiary/aromatic N) is 2. The van der Waals surface area contributed by atoms with Crippen molar-refractivity contribution in [1.29, 1.82) is 0 Å². The molecule has 136 valence electrons. The minimum Gasteiger partial charge on any atom is -0.342 e. The van der Waals surface area contributed by atoms with Gasteiger partial charge in [-0.05, 0) is 48.9 Å². The molecule has 2 unspecified atom stereocenters. The molecule has 1 amide bonds. The van der Waals surface area contributed by atoms with Crippen LogP contribution in [0.15, 0.2) is 48.8 Å². The van der Waals surface area contributed by atoms with Gasteiger partial charge in [-0.2, -0.15) is 0 Å². The lowest BCUT2D eigenvalue weighted by molar-refractivity contribution is -0.136. The van der Waals surface area contributed by atoms with E-state index < -0.39 is 0 Å². The summed E-state index contributed by atoms with van der Waals surface area (Å²) >= 11 is 0. The highest BCUT2D eigenvalue weighted by atomic mass is 16.2. The lowest BCUT2D eigenvalue weighted by atomic mass is 9.88. The van der Waals surface area contributed by atoms with Crippen LogP contribution in [0.25, 0.3) is 0 Å². The van der Waals surface area contributed by atoms with Crippen molar-refractivity contribution < 1.29 is 4.79 Å². The van der Waals surface area contributed by atoms with Gasteiger partial charge in [0, 0.05) is 32.0 Å². The molecule has 5 heteroatoms. The molecule has 3 heterocycles. The Bertz CT molecular complexity index is 756. The van der Waals surface area contributed by atoms with E-state index in [-0.39, 0.29) is 17.9 Å². The van der Waals surface area contributed by atoms with Crippen LogP contribution < -0.4 is 10.9 Å². The molecule has 5 nitrogen and oxygen atoms in total. The Hall–Kier alpha value is -2.24. The SMILES string of the molecule is Cc1cccc(C2NNCC2C(=O)N2CCC(c3ccncc3)CC2)c1. The first-order valence-corrected chi connectivity index (χ1v) is 9.46. The summed E-state index contributed by atoms with van der Waals surface area (Å²) in [7, 11) is 0. The number of piperidine rings is 1. The van der Waals surface area contributed by atoms with E-state index in [0.717, 1.165) is 25.9 Å².